The van der Waals surface area contributed by atoms with Crippen molar-refractivity contribution < 1.29 is 13.2 Å². The van der Waals surface area contributed by atoms with E-state index in [1.807, 2.05) is 4.90 Å². The molecular weight excluding hydrogens is 276 g/mol. The Bertz CT molecular complexity index is 491. The smallest absolute Gasteiger partial charge is 0.227 e. The van der Waals surface area contributed by atoms with E-state index in [9.17, 15) is 13.2 Å². The summed E-state index contributed by atoms with van der Waals surface area (Å²) in [5.74, 6) is 0.0574. The molecule has 0 spiro atoms. The number of carbonyl (C=O) groups excluding carboxylic acids is 1. The van der Waals surface area contributed by atoms with E-state index in [0.717, 1.165) is 32.4 Å². The van der Waals surface area contributed by atoms with Gasteiger partial charge in [0.2, 0.25) is 5.91 Å². The second-order valence-electron chi connectivity index (χ2n) is 6.53. The molecule has 3 fully saturated rings. The lowest BCUT2D eigenvalue weighted by Crippen LogP contribution is -2.49. The van der Waals surface area contributed by atoms with E-state index in [-0.39, 0.29) is 23.3 Å². The van der Waals surface area contributed by atoms with Crippen molar-refractivity contribution in [3.05, 3.63) is 0 Å². The van der Waals surface area contributed by atoms with Crippen LogP contribution in [0.4, 0.5) is 0 Å². The molecule has 3 aliphatic rings. The molecule has 0 radical (unpaired) electrons. The van der Waals surface area contributed by atoms with Gasteiger partial charge in [0, 0.05) is 18.6 Å². The summed E-state index contributed by atoms with van der Waals surface area (Å²) < 4.78 is 23.1. The van der Waals surface area contributed by atoms with E-state index in [0.29, 0.717) is 18.5 Å². The highest BCUT2D eigenvalue weighted by molar-refractivity contribution is 7.91. The van der Waals surface area contributed by atoms with Crippen molar-refractivity contribution in [2.45, 2.75) is 44.2 Å². The first-order valence-corrected chi connectivity index (χ1v) is 9.51. The molecule has 0 unspecified atom stereocenters. The fourth-order valence-electron chi connectivity index (χ4n) is 4.11. The van der Waals surface area contributed by atoms with Crippen LogP contribution in [0, 0.1) is 5.92 Å². The number of likely N-dealkylation sites (N-methyl/N-ethyl adjacent to an activating group) is 1. The topological polar surface area (TPSA) is 57.7 Å². The Hall–Kier alpha value is -0.620. The zero-order valence-electron chi connectivity index (χ0n) is 12.1. The highest BCUT2D eigenvalue weighted by Crippen LogP contribution is 2.31. The molecule has 0 aliphatic carbocycles. The predicted octanol–water partition coefficient (Wildman–Crippen LogP) is 0.506. The number of amides is 1. The van der Waals surface area contributed by atoms with Crippen LogP contribution in [0.25, 0.3) is 0 Å². The number of sulfone groups is 1. The zero-order chi connectivity index (χ0) is 14.3. The molecule has 114 valence electrons. The van der Waals surface area contributed by atoms with Crippen LogP contribution in [0.5, 0.6) is 0 Å². The number of likely N-dealkylation sites (tertiary alicyclic amines) is 2. The van der Waals surface area contributed by atoms with Crippen LogP contribution >= 0.6 is 0 Å². The quantitative estimate of drug-likeness (QED) is 0.745. The Kier molecular flexibility index (Phi) is 3.79. The molecule has 1 amide bonds. The summed E-state index contributed by atoms with van der Waals surface area (Å²) in [5.41, 5.74) is 0. The highest BCUT2D eigenvalue weighted by Gasteiger charge is 2.42. The summed E-state index contributed by atoms with van der Waals surface area (Å²) >= 11 is 0. The number of carbonyl (C=O) groups is 1. The SMILES string of the molecule is CN1CCC[C@@H]1[C@H]1CCCN1C(=O)[C@@H]1CCS(=O)(=O)C1. The fourth-order valence-corrected chi connectivity index (χ4v) is 5.85. The van der Waals surface area contributed by atoms with Gasteiger partial charge in [-0.3, -0.25) is 4.79 Å². The molecule has 0 aromatic heterocycles. The first kappa shape index (κ1) is 14.3. The number of nitrogens with zero attached hydrogens (tertiary/aromatic N) is 2. The summed E-state index contributed by atoms with van der Waals surface area (Å²) in [5, 5.41) is 0. The summed E-state index contributed by atoms with van der Waals surface area (Å²) in [6.07, 6.45) is 5.01. The average molecular weight is 300 g/mol. The Morgan fingerprint density at radius 1 is 1.05 bits per heavy atom. The van der Waals surface area contributed by atoms with E-state index in [2.05, 4.69) is 11.9 Å². The largest absolute Gasteiger partial charge is 0.338 e. The van der Waals surface area contributed by atoms with Gasteiger partial charge in [0.1, 0.15) is 0 Å². The van der Waals surface area contributed by atoms with Crippen molar-refractivity contribution in [1.29, 1.82) is 0 Å². The standard InChI is InChI=1S/C14H24N2O3S/c1-15-7-2-4-12(15)13-5-3-8-16(13)14(17)11-6-9-20(18,19)10-11/h11-13H,2-10H2,1H3/t11-,12-,13-/m1/s1. The van der Waals surface area contributed by atoms with Crippen molar-refractivity contribution in [3.63, 3.8) is 0 Å². The molecule has 3 rings (SSSR count). The molecule has 0 N–H and O–H groups in total. The molecule has 3 aliphatic heterocycles. The van der Waals surface area contributed by atoms with Crippen LogP contribution in [0.2, 0.25) is 0 Å². The lowest BCUT2D eigenvalue weighted by molar-refractivity contribution is -0.136. The third kappa shape index (κ3) is 2.60. The third-order valence-corrected chi connectivity index (χ3v) is 6.95. The molecule has 0 bridgehead atoms. The summed E-state index contributed by atoms with van der Waals surface area (Å²) in [6.45, 7) is 1.92. The molecule has 0 aromatic rings. The Morgan fingerprint density at radius 3 is 2.35 bits per heavy atom. The summed E-state index contributed by atoms with van der Waals surface area (Å²) in [6, 6.07) is 0.776. The average Bonchev–Trinajstić information content (AvgIpc) is 3.07. The highest BCUT2D eigenvalue weighted by atomic mass is 32.2. The van der Waals surface area contributed by atoms with Gasteiger partial charge in [0.25, 0.3) is 0 Å². The third-order valence-electron chi connectivity index (χ3n) is 5.19. The lowest BCUT2D eigenvalue weighted by Gasteiger charge is -2.34. The molecule has 0 saturated carbocycles. The maximum atomic E-state index is 12.7. The molecule has 6 heteroatoms. The van der Waals surface area contributed by atoms with Gasteiger partial charge in [0.15, 0.2) is 9.84 Å². The van der Waals surface area contributed by atoms with Crippen LogP contribution in [-0.4, -0.2) is 67.9 Å². The number of hydrogen-bond acceptors (Lipinski definition) is 4. The molecule has 3 heterocycles. The maximum Gasteiger partial charge on any atom is 0.227 e. The normalized spacial score (nSPS) is 37.6. The minimum absolute atomic E-state index is 0.0650. The maximum absolute atomic E-state index is 12.7. The zero-order valence-corrected chi connectivity index (χ0v) is 12.9. The molecule has 3 saturated heterocycles. The summed E-state index contributed by atoms with van der Waals surface area (Å²) in [4.78, 5) is 17.0. The van der Waals surface area contributed by atoms with Crippen LogP contribution in [-0.2, 0) is 14.6 Å². The molecule has 0 aromatic carbocycles. The number of rotatable bonds is 2. The molecule has 5 nitrogen and oxygen atoms in total. The fraction of sp³-hybridized carbons (Fsp3) is 0.929. The minimum atomic E-state index is -2.98. The van der Waals surface area contributed by atoms with Gasteiger partial charge in [-0.2, -0.15) is 0 Å². The van der Waals surface area contributed by atoms with Crippen molar-refractivity contribution in [2.75, 3.05) is 31.6 Å². The van der Waals surface area contributed by atoms with E-state index in [4.69, 9.17) is 0 Å². The van der Waals surface area contributed by atoms with Crippen LogP contribution in [0.15, 0.2) is 0 Å². The Balaban J connectivity index is 1.70. The molecule has 3 atom stereocenters. The van der Waals surface area contributed by atoms with Crippen molar-refractivity contribution in [3.8, 4) is 0 Å². The van der Waals surface area contributed by atoms with Gasteiger partial charge in [-0.15, -0.1) is 0 Å². The van der Waals surface area contributed by atoms with Gasteiger partial charge in [0.05, 0.1) is 17.4 Å². The second-order valence-corrected chi connectivity index (χ2v) is 8.76. The Morgan fingerprint density at radius 2 is 1.75 bits per heavy atom. The second kappa shape index (κ2) is 5.30. The first-order chi connectivity index (χ1) is 9.48. The van der Waals surface area contributed by atoms with E-state index < -0.39 is 9.84 Å². The van der Waals surface area contributed by atoms with E-state index >= 15 is 0 Å². The molecular formula is C14H24N2O3S. The van der Waals surface area contributed by atoms with Crippen LogP contribution < -0.4 is 0 Å². The predicted molar refractivity (Wildman–Crippen MR) is 77.1 cm³/mol. The lowest BCUT2D eigenvalue weighted by atomic mass is 10.0. The minimum Gasteiger partial charge on any atom is -0.338 e. The van der Waals surface area contributed by atoms with Crippen molar-refractivity contribution >= 4 is 15.7 Å². The van der Waals surface area contributed by atoms with Crippen molar-refractivity contribution in [2.24, 2.45) is 5.92 Å². The number of hydrogen-bond donors (Lipinski definition) is 0. The van der Waals surface area contributed by atoms with E-state index in [1.165, 1.54) is 6.42 Å². The van der Waals surface area contributed by atoms with Gasteiger partial charge >= 0.3 is 0 Å². The summed E-state index contributed by atoms with van der Waals surface area (Å²) in [7, 11) is -0.838. The van der Waals surface area contributed by atoms with Gasteiger partial charge in [-0.25, -0.2) is 8.42 Å². The Labute approximate surface area is 121 Å². The van der Waals surface area contributed by atoms with E-state index in [1.54, 1.807) is 0 Å². The van der Waals surface area contributed by atoms with Gasteiger partial charge in [-0.1, -0.05) is 0 Å². The van der Waals surface area contributed by atoms with Crippen LogP contribution in [0.3, 0.4) is 0 Å². The van der Waals surface area contributed by atoms with Gasteiger partial charge < -0.3 is 9.80 Å². The first-order valence-electron chi connectivity index (χ1n) is 7.69. The monoisotopic (exact) mass is 300 g/mol. The van der Waals surface area contributed by atoms with Crippen molar-refractivity contribution in [1.82, 2.24) is 9.80 Å². The van der Waals surface area contributed by atoms with Gasteiger partial charge in [-0.05, 0) is 45.7 Å². The molecule has 20 heavy (non-hydrogen) atoms. The van der Waals surface area contributed by atoms with Crippen LogP contribution in [0.1, 0.15) is 32.1 Å².